The highest BCUT2D eigenvalue weighted by molar-refractivity contribution is 7.89. The number of imidazole rings is 1. The van der Waals surface area contributed by atoms with Crippen LogP contribution in [0.1, 0.15) is 5.69 Å². The van der Waals surface area contributed by atoms with E-state index in [-0.39, 0.29) is 21.5 Å². The van der Waals surface area contributed by atoms with Gasteiger partial charge in [-0.05, 0) is 18.1 Å². The van der Waals surface area contributed by atoms with Crippen LogP contribution in [0.5, 0.6) is 0 Å². The van der Waals surface area contributed by atoms with Crippen LogP contribution >= 0.6 is 11.6 Å². The Hall–Kier alpha value is -1.62. The minimum absolute atomic E-state index is 0.232. The minimum atomic E-state index is -4.00. The standard InChI is InChI=1S/C8H5ClN4O2S/c1-2-5-3-4-6-11-7(9)8(13(6)12-5)16(10,14)15/h1,3-4H,(H2,10,14,15). The van der Waals surface area contributed by atoms with Crippen molar-refractivity contribution in [3.63, 3.8) is 0 Å². The molecule has 8 heteroatoms. The molecule has 2 aromatic heterocycles. The molecule has 0 aromatic carbocycles. The van der Waals surface area contributed by atoms with Gasteiger partial charge < -0.3 is 0 Å². The second-order valence-electron chi connectivity index (χ2n) is 2.89. The third kappa shape index (κ3) is 1.63. The molecule has 0 unspecified atom stereocenters. The summed E-state index contributed by atoms with van der Waals surface area (Å²) in [7, 11) is -4.00. The van der Waals surface area contributed by atoms with Gasteiger partial charge in [0.2, 0.25) is 5.03 Å². The summed E-state index contributed by atoms with van der Waals surface area (Å²) < 4.78 is 23.5. The van der Waals surface area contributed by atoms with E-state index in [9.17, 15) is 8.42 Å². The molecule has 0 bridgehead atoms. The summed E-state index contributed by atoms with van der Waals surface area (Å²) in [4.78, 5) is 3.79. The quantitative estimate of drug-likeness (QED) is 0.728. The molecular weight excluding hydrogens is 252 g/mol. The number of nitrogens with zero attached hydrogens (tertiary/aromatic N) is 3. The lowest BCUT2D eigenvalue weighted by Gasteiger charge is -1.98. The number of nitrogens with two attached hydrogens (primary N) is 1. The highest BCUT2D eigenvalue weighted by Gasteiger charge is 2.21. The van der Waals surface area contributed by atoms with Crippen molar-refractivity contribution >= 4 is 27.3 Å². The van der Waals surface area contributed by atoms with Crippen molar-refractivity contribution in [2.45, 2.75) is 5.03 Å². The van der Waals surface area contributed by atoms with Crippen LogP contribution in [0.4, 0.5) is 0 Å². The molecule has 0 aliphatic heterocycles. The number of terminal acetylenes is 1. The lowest BCUT2D eigenvalue weighted by atomic mass is 10.4. The highest BCUT2D eigenvalue weighted by atomic mass is 35.5. The molecule has 0 fully saturated rings. The number of sulfonamides is 1. The number of aromatic nitrogens is 3. The van der Waals surface area contributed by atoms with Crippen molar-refractivity contribution in [1.82, 2.24) is 14.6 Å². The van der Waals surface area contributed by atoms with Gasteiger partial charge in [-0.25, -0.2) is 18.5 Å². The Morgan fingerprint density at radius 1 is 1.50 bits per heavy atom. The summed E-state index contributed by atoms with van der Waals surface area (Å²) >= 11 is 5.67. The summed E-state index contributed by atoms with van der Waals surface area (Å²) in [5.74, 6) is 2.27. The van der Waals surface area contributed by atoms with Crippen molar-refractivity contribution in [2.75, 3.05) is 0 Å². The maximum atomic E-state index is 11.3. The van der Waals surface area contributed by atoms with Crippen molar-refractivity contribution < 1.29 is 8.42 Å². The third-order valence-corrected chi connectivity index (χ3v) is 3.09. The second kappa shape index (κ2) is 3.45. The van der Waals surface area contributed by atoms with Crippen LogP contribution in [-0.4, -0.2) is 23.0 Å². The van der Waals surface area contributed by atoms with E-state index in [0.29, 0.717) is 0 Å². The van der Waals surface area contributed by atoms with E-state index in [1.165, 1.54) is 12.1 Å². The Labute approximate surface area is 96.1 Å². The van der Waals surface area contributed by atoms with E-state index in [1.54, 1.807) is 0 Å². The first-order valence-corrected chi connectivity index (χ1v) is 5.90. The van der Waals surface area contributed by atoms with Crippen molar-refractivity contribution in [2.24, 2.45) is 5.14 Å². The van der Waals surface area contributed by atoms with E-state index in [0.717, 1.165) is 4.52 Å². The number of hydrogen-bond acceptors (Lipinski definition) is 4. The molecule has 0 amide bonds. The topological polar surface area (TPSA) is 90.3 Å². The zero-order valence-electron chi connectivity index (χ0n) is 7.75. The zero-order chi connectivity index (χ0) is 11.9. The molecule has 2 N–H and O–H groups in total. The normalized spacial score (nSPS) is 11.6. The Bertz CT molecular complexity index is 713. The average Bonchev–Trinajstić information content (AvgIpc) is 2.51. The van der Waals surface area contributed by atoms with Crippen LogP contribution < -0.4 is 5.14 Å². The molecule has 0 radical (unpaired) electrons. The van der Waals surface area contributed by atoms with Gasteiger partial charge in [0.15, 0.2) is 10.8 Å². The summed E-state index contributed by atoms with van der Waals surface area (Å²) in [6, 6.07) is 3.02. The Morgan fingerprint density at radius 3 is 2.75 bits per heavy atom. The van der Waals surface area contributed by atoms with Gasteiger partial charge >= 0.3 is 0 Å². The monoisotopic (exact) mass is 256 g/mol. The van der Waals surface area contributed by atoms with E-state index < -0.39 is 10.0 Å². The summed E-state index contributed by atoms with van der Waals surface area (Å²) in [6.45, 7) is 0. The number of primary sulfonamides is 1. The van der Waals surface area contributed by atoms with Crippen LogP contribution in [0.2, 0.25) is 5.15 Å². The zero-order valence-corrected chi connectivity index (χ0v) is 9.33. The first-order chi connectivity index (χ1) is 7.43. The predicted molar refractivity (Wildman–Crippen MR) is 57.3 cm³/mol. The van der Waals surface area contributed by atoms with Gasteiger partial charge in [0.25, 0.3) is 10.0 Å². The van der Waals surface area contributed by atoms with Crippen molar-refractivity contribution in [3.05, 3.63) is 23.0 Å². The van der Waals surface area contributed by atoms with Crippen LogP contribution in [0.3, 0.4) is 0 Å². The molecule has 0 atom stereocenters. The molecule has 0 saturated heterocycles. The van der Waals surface area contributed by atoms with Crippen molar-refractivity contribution in [1.29, 1.82) is 0 Å². The fraction of sp³-hybridized carbons (Fsp3) is 0. The Morgan fingerprint density at radius 2 is 2.19 bits per heavy atom. The lowest BCUT2D eigenvalue weighted by Crippen LogP contribution is -2.16. The summed E-state index contributed by atoms with van der Waals surface area (Å²) in [6.07, 6.45) is 5.15. The number of hydrogen-bond donors (Lipinski definition) is 1. The fourth-order valence-corrected chi connectivity index (χ4v) is 2.35. The maximum Gasteiger partial charge on any atom is 0.258 e. The van der Waals surface area contributed by atoms with Gasteiger partial charge in [-0.3, -0.25) is 0 Å². The molecule has 82 valence electrons. The number of fused-ring (bicyclic) bond motifs is 1. The largest absolute Gasteiger partial charge is 0.258 e. The molecule has 2 rings (SSSR count). The molecule has 0 saturated carbocycles. The number of halogens is 1. The van der Waals surface area contributed by atoms with Crippen LogP contribution in [-0.2, 0) is 10.0 Å². The van der Waals surface area contributed by atoms with E-state index >= 15 is 0 Å². The second-order valence-corrected chi connectivity index (χ2v) is 4.72. The minimum Gasteiger partial charge on any atom is -0.223 e. The fourth-order valence-electron chi connectivity index (χ4n) is 1.20. The summed E-state index contributed by atoms with van der Waals surface area (Å²) in [5, 5.41) is 8.24. The first kappa shape index (κ1) is 10.9. The first-order valence-electron chi connectivity index (χ1n) is 3.98. The van der Waals surface area contributed by atoms with Gasteiger partial charge in [0.1, 0.15) is 5.69 Å². The van der Waals surface area contributed by atoms with Crippen LogP contribution in [0, 0.1) is 12.3 Å². The molecular formula is C8H5ClN4O2S. The Balaban J connectivity index is 2.94. The van der Waals surface area contributed by atoms with Crippen LogP contribution in [0.15, 0.2) is 17.2 Å². The van der Waals surface area contributed by atoms with Gasteiger partial charge in [-0.1, -0.05) is 11.6 Å². The van der Waals surface area contributed by atoms with Crippen LogP contribution in [0.25, 0.3) is 5.65 Å². The van der Waals surface area contributed by atoms with E-state index in [4.69, 9.17) is 23.2 Å². The molecule has 2 heterocycles. The molecule has 16 heavy (non-hydrogen) atoms. The van der Waals surface area contributed by atoms with E-state index in [2.05, 4.69) is 16.0 Å². The summed E-state index contributed by atoms with van der Waals surface area (Å²) in [5.41, 5.74) is 0.513. The Kier molecular flexibility index (Phi) is 2.35. The average molecular weight is 257 g/mol. The molecule has 2 aromatic rings. The highest BCUT2D eigenvalue weighted by Crippen LogP contribution is 2.20. The number of rotatable bonds is 1. The molecule has 0 spiro atoms. The third-order valence-electron chi connectivity index (χ3n) is 1.81. The van der Waals surface area contributed by atoms with Gasteiger partial charge in [0, 0.05) is 0 Å². The lowest BCUT2D eigenvalue weighted by molar-refractivity contribution is 0.590. The van der Waals surface area contributed by atoms with Gasteiger partial charge in [-0.15, -0.1) is 6.42 Å². The van der Waals surface area contributed by atoms with Crippen molar-refractivity contribution in [3.8, 4) is 12.3 Å². The SMILES string of the molecule is C#Cc1ccc2nc(Cl)c(S(N)(=O)=O)n2n1. The predicted octanol–water partition coefficient (Wildman–Crippen LogP) is 0.0114. The van der Waals surface area contributed by atoms with Gasteiger partial charge in [0.05, 0.1) is 0 Å². The van der Waals surface area contributed by atoms with E-state index in [1.807, 2.05) is 0 Å². The smallest absolute Gasteiger partial charge is 0.223 e. The molecule has 0 aliphatic rings. The van der Waals surface area contributed by atoms with Gasteiger partial charge in [-0.2, -0.15) is 9.61 Å². The molecule has 6 nitrogen and oxygen atoms in total. The maximum absolute atomic E-state index is 11.3. The molecule has 0 aliphatic carbocycles.